The van der Waals surface area contributed by atoms with Crippen molar-refractivity contribution < 1.29 is 9.90 Å². The maximum Gasteiger partial charge on any atom is 0.252 e. The monoisotopic (exact) mass is 278 g/mol. The van der Waals surface area contributed by atoms with Gasteiger partial charge < -0.3 is 15.3 Å². The Bertz CT molecular complexity index is 497. The van der Waals surface area contributed by atoms with Gasteiger partial charge in [0.1, 0.15) is 6.61 Å². The summed E-state index contributed by atoms with van der Waals surface area (Å²) in [4.78, 5) is 15.0. The topological polar surface area (TPSA) is 52.6 Å². The molecule has 0 saturated heterocycles. The first-order valence-corrected chi connectivity index (χ1v) is 7.25. The zero-order chi connectivity index (χ0) is 13.7. The molecular formula is C14H18N2O2S. The van der Waals surface area contributed by atoms with E-state index in [9.17, 15) is 4.79 Å². The van der Waals surface area contributed by atoms with E-state index in [2.05, 4.69) is 29.1 Å². The second kappa shape index (κ2) is 6.71. The molecule has 0 atom stereocenters. The van der Waals surface area contributed by atoms with Gasteiger partial charge in [-0.15, -0.1) is 11.3 Å². The summed E-state index contributed by atoms with van der Waals surface area (Å²) >= 11 is 1.42. The van der Waals surface area contributed by atoms with Gasteiger partial charge in [-0.05, 0) is 26.0 Å². The lowest BCUT2D eigenvalue weighted by atomic mass is 10.3. The molecule has 2 rings (SSSR count). The minimum absolute atomic E-state index is 0.0579. The van der Waals surface area contributed by atoms with Gasteiger partial charge in [0.15, 0.2) is 0 Å². The summed E-state index contributed by atoms with van der Waals surface area (Å²) < 4.78 is 0. The zero-order valence-corrected chi connectivity index (χ0v) is 11.8. The molecule has 1 saturated carbocycles. The first-order valence-electron chi connectivity index (χ1n) is 6.37. The summed E-state index contributed by atoms with van der Waals surface area (Å²) in [5.41, 5.74) is 0.640. The molecule has 0 aliphatic heterocycles. The molecule has 5 heteroatoms. The molecule has 1 aromatic heterocycles. The second-order valence-electron chi connectivity index (χ2n) is 4.63. The lowest BCUT2D eigenvalue weighted by Gasteiger charge is -2.15. The van der Waals surface area contributed by atoms with Crippen LogP contribution in [0.25, 0.3) is 0 Å². The van der Waals surface area contributed by atoms with Crippen LogP contribution in [0.3, 0.4) is 0 Å². The van der Waals surface area contributed by atoms with Crippen molar-refractivity contribution in [3.8, 4) is 11.8 Å². The third-order valence-corrected chi connectivity index (χ3v) is 3.92. The van der Waals surface area contributed by atoms with Crippen molar-refractivity contribution >= 4 is 17.2 Å². The molecular weight excluding hydrogens is 260 g/mol. The van der Waals surface area contributed by atoms with Crippen molar-refractivity contribution in [3.63, 3.8) is 0 Å². The Morgan fingerprint density at radius 2 is 2.42 bits per heavy atom. The molecule has 4 nitrogen and oxygen atoms in total. The Kier molecular flexibility index (Phi) is 4.97. The number of hydrogen-bond donors (Lipinski definition) is 2. The van der Waals surface area contributed by atoms with Crippen molar-refractivity contribution in [2.75, 3.05) is 26.7 Å². The highest BCUT2D eigenvalue weighted by Crippen LogP contribution is 2.24. The maximum absolute atomic E-state index is 11.9. The van der Waals surface area contributed by atoms with Crippen molar-refractivity contribution in [2.45, 2.75) is 18.9 Å². The molecule has 0 radical (unpaired) electrons. The molecule has 0 spiro atoms. The molecule has 1 fully saturated rings. The van der Waals surface area contributed by atoms with Crippen LogP contribution in [0.15, 0.2) is 11.4 Å². The molecule has 1 aliphatic carbocycles. The number of nitrogens with zero attached hydrogens (tertiary/aromatic N) is 1. The standard InChI is InChI=1S/C14H18N2O2S/c1-16(12-4-5-12)7-6-15-14(18)11-9-13(19-10-11)3-2-8-17/h9-10,12,17H,4-8H2,1H3,(H,15,18). The van der Waals surface area contributed by atoms with Gasteiger partial charge >= 0.3 is 0 Å². The average molecular weight is 278 g/mol. The van der Waals surface area contributed by atoms with Crippen molar-refractivity contribution in [1.29, 1.82) is 0 Å². The predicted molar refractivity (Wildman–Crippen MR) is 76.3 cm³/mol. The van der Waals surface area contributed by atoms with Gasteiger partial charge in [0.2, 0.25) is 0 Å². The Balaban J connectivity index is 1.77. The SMILES string of the molecule is CN(CCNC(=O)c1csc(C#CCO)c1)C1CC1. The van der Waals surface area contributed by atoms with Crippen LogP contribution in [-0.4, -0.2) is 48.7 Å². The van der Waals surface area contributed by atoms with Crippen molar-refractivity contribution in [2.24, 2.45) is 0 Å². The van der Waals surface area contributed by atoms with E-state index in [0.29, 0.717) is 12.1 Å². The van der Waals surface area contributed by atoms with Crippen molar-refractivity contribution in [3.05, 3.63) is 21.9 Å². The van der Waals surface area contributed by atoms with E-state index in [0.717, 1.165) is 17.5 Å². The van der Waals surface area contributed by atoms with Gasteiger partial charge in [-0.2, -0.15) is 0 Å². The molecule has 1 amide bonds. The summed E-state index contributed by atoms with van der Waals surface area (Å²) in [5, 5.41) is 13.3. The fraction of sp³-hybridized carbons (Fsp3) is 0.500. The van der Waals surface area contributed by atoms with Gasteiger partial charge in [0.05, 0.1) is 10.4 Å². The molecule has 1 aliphatic rings. The Morgan fingerprint density at radius 3 is 3.11 bits per heavy atom. The molecule has 2 N–H and O–H groups in total. The first-order chi connectivity index (χ1) is 9.20. The molecule has 1 heterocycles. The number of carbonyl (C=O) groups excluding carboxylic acids is 1. The van der Waals surface area contributed by atoms with Crippen LogP contribution >= 0.6 is 11.3 Å². The largest absolute Gasteiger partial charge is 0.384 e. The number of amides is 1. The molecule has 1 aromatic rings. The van der Waals surface area contributed by atoms with Gasteiger partial charge in [0.25, 0.3) is 5.91 Å². The van der Waals surface area contributed by atoms with Crippen molar-refractivity contribution in [1.82, 2.24) is 10.2 Å². The molecule has 102 valence electrons. The highest BCUT2D eigenvalue weighted by molar-refractivity contribution is 7.10. The Morgan fingerprint density at radius 1 is 1.63 bits per heavy atom. The summed E-state index contributed by atoms with van der Waals surface area (Å²) in [6.45, 7) is 1.39. The quantitative estimate of drug-likeness (QED) is 0.787. The smallest absolute Gasteiger partial charge is 0.252 e. The van der Waals surface area contributed by atoms with E-state index in [-0.39, 0.29) is 12.5 Å². The fourth-order valence-corrected chi connectivity index (χ4v) is 2.55. The maximum atomic E-state index is 11.9. The van der Waals surface area contributed by atoms with Crippen LogP contribution in [0.1, 0.15) is 28.1 Å². The second-order valence-corrected chi connectivity index (χ2v) is 5.54. The van der Waals surface area contributed by atoms with E-state index >= 15 is 0 Å². The molecule has 0 unspecified atom stereocenters. The Hall–Kier alpha value is -1.35. The molecule has 19 heavy (non-hydrogen) atoms. The lowest BCUT2D eigenvalue weighted by molar-refractivity contribution is 0.0950. The summed E-state index contributed by atoms with van der Waals surface area (Å²) in [5.74, 6) is 5.31. The highest BCUT2D eigenvalue weighted by atomic mass is 32.1. The molecule has 0 bridgehead atoms. The van der Waals surface area contributed by atoms with Gasteiger partial charge in [-0.1, -0.05) is 11.8 Å². The number of hydrogen-bond acceptors (Lipinski definition) is 4. The van der Waals surface area contributed by atoms with Crippen LogP contribution in [0.5, 0.6) is 0 Å². The number of aliphatic hydroxyl groups excluding tert-OH is 1. The van der Waals surface area contributed by atoms with E-state index in [1.54, 1.807) is 11.4 Å². The van der Waals surface area contributed by atoms with E-state index in [1.165, 1.54) is 24.2 Å². The minimum Gasteiger partial charge on any atom is -0.384 e. The zero-order valence-electron chi connectivity index (χ0n) is 11.0. The number of carbonyl (C=O) groups is 1. The Labute approximate surface area is 117 Å². The number of rotatable bonds is 5. The van der Waals surface area contributed by atoms with Gasteiger partial charge in [-0.25, -0.2) is 0 Å². The lowest BCUT2D eigenvalue weighted by Crippen LogP contribution is -2.33. The van der Waals surface area contributed by atoms with Crippen LogP contribution in [0.2, 0.25) is 0 Å². The van der Waals surface area contributed by atoms with Gasteiger partial charge in [0, 0.05) is 24.5 Å². The van der Waals surface area contributed by atoms with Crippen LogP contribution in [0, 0.1) is 11.8 Å². The summed E-state index contributed by atoms with van der Waals surface area (Å²) in [7, 11) is 2.09. The van der Waals surface area contributed by atoms with Crippen LogP contribution < -0.4 is 5.32 Å². The third kappa shape index (κ3) is 4.35. The number of nitrogens with one attached hydrogen (secondary N) is 1. The van der Waals surface area contributed by atoms with Crippen LogP contribution in [-0.2, 0) is 0 Å². The number of aliphatic hydroxyl groups is 1. The van der Waals surface area contributed by atoms with E-state index in [4.69, 9.17) is 5.11 Å². The fourth-order valence-electron chi connectivity index (χ4n) is 1.79. The summed E-state index contributed by atoms with van der Waals surface area (Å²) in [6.07, 6.45) is 2.56. The predicted octanol–water partition coefficient (Wildman–Crippen LogP) is 0.916. The van der Waals surface area contributed by atoms with Gasteiger partial charge in [-0.3, -0.25) is 4.79 Å². The number of likely N-dealkylation sites (N-methyl/N-ethyl adjacent to an activating group) is 1. The first kappa shape index (κ1) is 14.1. The number of thiophene rings is 1. The highest BCUT2D eigenvalue weighted by Gasteiger charge is 2.25. The normalized spacial score (nSPS) is 14.1. The summed E-state index contributed by atoms with van der Waals surface area (Å²) in [6, 6.07) is 2.48. The van der Waals surface area contributed by atoms with Crippen LogP contribution in [0.4, 0.5) is 0 Å². The molecule has 0 aromatic carbocycles. The van der Waals surface area contributed by atoms with E-state index in [1.807, 2.05) is 0 Å². The average Bonchev–Trinajstić information content (AvgIpc) is 3.15. The third-order valence-electron chi connectivity index (χ3n) is 3.07. The minimum atomic E-state index is -0.160. The van der Waals surface area contributed by atoms with E-state index < -0.39 is 0 Å².